The van der Waals surface area contributed by atoms with Crippen LogP contribution in [-0.2, 0) is 0 Å². The van der Waals surface area contributed by atoms with Crippen molar-refractivity contribution < 1.29 is 14.7 Å². The fraction of sp³-hybridized carbons (Fsp3) is 0.533. The zero-order valence-corrected chi connectivity index (χ0v) is 13.8. The van der Waals surface area contributed by atoms with Crippen molar-refractivity contribution in [3.8, 4) is 0 Å². The quantitative estimate of drug-likeness (QED) is 0.743. The fourth-order valence-electron chi connectivity index (χ4n) is 2.75. The van der Waals surface area contributed by atoms with E-state index in [9.17, 15) is 9.59 Å². The molecule has 1 saturated carbocycles. The van der Waals surface area contributed by atoms with Gasteiger partial charge >= 0.3 is 6.09 Å². The van der Waals surface area contributed by atoms with Gasteiger partial charge in [-0.25, -0.2) is 4.79 Å². The third-order valence-corrected chi connectivity index (χ3v) is 4.46. The fourth-order valence-corrected chi connectivity index (χ4v) is 3.11. The first kappa shape index (κ1) is 16.7. The van der Waals surface area contributed by atoms with Gasteiger partial charge in [0.1, 0.15) is 0 Å². The van der Waals surface area contributed by atoms with E-state index in [4.69, 9.17) is 5.11 Å². The van der Waals surface area contributed by atoms with Gasteiger partial charge in [0.05, 0.1) is 5.56 Å². The first-order valence-corrected chi connectivity index (χ1v) is 8.19. The lowest BCUT2D eigenvalue weighted by atomic mass is 9.82. The standard InChI is InChI=1S/C15H20BrN3O3/c16-13-5-12(8-17-9-13)14(20)18-6-10-1-3-11(4-2-10)7-19-15(21)22/h5,8-11,19H,1-4,6-7H2,(H,18,20)(H,21,22)/t10-,11-. The lowest BCUT2D eigenvalue weighted by Gasteiger charge is -2.28. The number of aromatic nitrogens is 1. The summed E-state index contributed by atoms with van der Waals surface area (Å²) in [4.78, 5) is 26.5. The first-order valence-electron chi connectivity index (χ1n) is 7.40. The third-order valence-electron chi connectivity index (χ3n) is 4.03. The minimum Gasteiger partial charge on any atom is -0.465 e. The maximum absolute atomic E-state index is 12.0. The molecule has 1 aliphatic rings. The molecule has 2 rings (SSSR count). The van der Waals surface area contributed by atoms with E-state index in [0.717, 1.165) is 30.2 Å². The second-order valence-corrected chi connectivity index (χ2v) is 6.59. The van der Waals surface area contributed by atoms with Crippen LogP contribution in [0.2, 0.25) is 0 Å². The number of hydrogen-bond acceptors (Lipinski definition) is 3. The topological polar surface area (TPSA) is 91.3 Å². The molecule has 0 radical (unpaired) electrons. The number of carbonyl (C=O) groups excluding carboxylic acids is 1. The second kappa shape index (κ2) is 8.12. The van der Waals surface area contributed by atoms with Crippen molar-refractivity contribution in [2.75, 3.05) is 13.1 Å². The highest BCUT2D eigenvalue weighted by molar-refractivity contribution is 9.10. The van der Waals surface area contributed by atoms with E-state index in [-0.39, 0.29) is 5.91 Å². The molecule has 1 heterocycles. The van der Waals surface area contributed by atoms with Gasteiger partial charge in [-0.1, -0.05) is 0 Å². The minimum absolute atomic E-state index is 0.108. The van der Waals surface area contributed by atoms with Crippen LogP contribution in [0.3, 0.4) is 0 Å². The third kappa shape index (κ3) is 5.29. The van der Waals surface area contributed by atoms with Gasteiger partial charge in [-0.3, -0.25) is 9.78 Å². The summed E-state index contributed by atoms with van der Waals surface area (Å²) in [6.07, 6.45) is 6.26. The number of halogens is 1. The van der Waals surface area contributed by atoms with Crippen LogP contribution in [-0.4, -0.2) is 35.2 Å². The molecule has 0 bridgehead atoms. The van der Waals surface area contributed by atoms with Crippen molar-refractivity contribution in [2.24, 2.45) is 11.8 Å². The summed E-state index contributed by atoms with van der Waals surface area (Å²) in [5.74, 6) is 0.769. The van der Waals surface area contributed by atoms with E-state index >= 15 is 0 Å². The Morgan fingerprint density at radius 3 is 2.27 bits per heavy atom. The van der Waals surface area contributed by atoms with Gasteiger partial charge in [0.25, 0.3) is 5.91 Å². The van der Waals surface area contributed by atoms with Crippen molar-refractivity contribution in [2.45, 2.75) is 25.7 Å². The number of nitrogens with one attached hydrogen (secondary N) is 2. The molecule has 0 spiro atoms. The maximum atomic E-state index is 12.0. The summed E-state index contributed by atoms with van der Waals surface area (Å²) in [6, 6.07) is 1.75. The van der Waals surface area contributed by atoms with Crippen LogP contribution in [0.25, 0.3) is 0 Å². The van der Waals surface area contributed by atoms with Gasteiger partial charge in [0, 0.05) is 30.0 Å². The Kier molecular flexibility index (Phi) is 6.18. The van der Waals surface area contributed by atoms with E-state index in [2.05, 4.69) is 31.5 Å². The molecule has 6 nitrogen and oxygen atoms in total. The minimum atomic E-state index is -0.961. The number of nitrogens with zero attached hydrogens (tertiary/aromatic N) is 1. The van der Waals surface area contributed by atoms with E-state index < -0.39 is 6.09 Å². The molecule has 0 unspecified atom stereocenters. The maximum Gasteiger partial charge on any atom is 0.404 e. The number of pyridine rings is 1. The molecule has 7 heteroatoms. The molecule has 1 aromatic rings. The lowest BCUT2D eigenvalue weighted by Crippen LogP contribution is -2.34. The molecule has 1 fully saturated rings. The summed E-state index contributed by atoms with van der Waals surface area (Å²) in [7, 11) is 0. The average molecular weight is 370 g/mol. The zero-order chi connectivity index (χ0) is 15.9. The van der Waals surface area contributed by atoms with Crippen molar-refractivity contribution in [1.82, 2.24) is 15.6 Å². The summed E-state index contributed by atoms with van der Waals surface area (Å²) >= 11 is 3.30. The van der Waals surface area contributed by atoms with Crippen molar-refractivity contribution in [3.63, 3.8) is 0 Å². The zero-order valence-electron chi connectivity index (χ0n) is 12.2. The van der Waals surface area contributed by atoms with Crippen LogP contribution in [0.1, 0.15) is 36.0 Å². The Morgan fingerprint density at radius 1 is 1.14 bits per heavy atom. The Balaban J connectivity index is 1.70. The summed E-state index contributed by atoms with van der Waals surface area (Å²) in [5, 5.41) is 14.0. The van der Waals surface area contributed by atoms with Crippen LogP contribution >= 0.6 is 15.9 Å². The van der Waals surface area contributed by atoms with Gasteiger partial charge < -0.3 is 15.7 Å². The van der Waals surface area contributed by atoms with Crippen LogP contribution in [0.4, 0.5) is 4.79 Å². The van der Waals surface area contributed by atoms with Crippen LogP contribution in [0.15, 0.2) is 22.9 Å². The van der Waals surface area contributed by atoms with Gasteiger partial charge in [-0.2, -0.15) is 0 Å². The number of amides is 2. The molecule has 22 heavy (non-hydrogen) atoms. The predicted octanol–water partition coefficient (Wildman–Crippen LogP) is 2.65. The smallest absolute Gasteiger partial charge is 0.404 e. The predicted molar refractivity (Wildman–Crippen MR) is 85.7 cm³/mol. The van der Waals surface area contributed by atoms with Gasteiger partial charge in [0.15, 0.2) is 0 Å². The van der Waals surface area contributed by atoms with Crippen molar-refractivity contribution in [3.05, 3.63) is 28.5 Å². The number of rotatable bonds is 5. The largest absolute Gasteiger partial charge is 0.465 e. The van der Waals surface area contributed by atoms with Gasteiger partial charge in [0.2, 0.25) is 0 Å². The number of carboxylic acid groups (broad SMARTS) is 1. The van der Waals surface area contributed by atoms with Crippen LogP contribution < -0.4 is 10.6 Å². The monoisotopic (exact) mass is 369 g/mol. The molecule has 3 N–H and O–H groups in total. The first-order chi connectivity index (χ1) is 10.5. The summed E-state index contributed by atoms with van der Waals surface area (Å²) in [6.45, 7) is 1.18. The second-order valence-electron chi connectivity index (χ2n) is 5.67. The summed E-state index contributed by atoms with van der Waals surface area (Å²) in [5.41, 5.74) is 0.550. The van der Waals surface area contributed by atoms with E-state index in [0.29, 0.717) is 30.5 Å². The molecule has 1 aliphatic carbocycles. The molecule has 120 valence electrons. The van der Waals surface area contributed by atoms with E-state index in [1.165, 1.54) is 0 Å². The molecule has 0 atom stereocenters. The Hall–Kier alpha value is -1.63. The van der Waals surface area contributed by atoms with E-state index in [1.54, 1.807) is 18.5 Å². The van der Waals surface area contributed by atoms with Gasteiger partial charge in [-0.05, 0) is 59.5 Å². The Morgan fingerprint density at radius 2 is 1.73 bits per heavy atom. The Labute approximate surface area is 137 Å². The van der Waals surface area contributed by atoms with E-state index in [1.807, 2.05) is 0 Å². The molecule has 0 aromatic carbocycles. The molecule has 0 aliphatic heterocycles. The number of carbonyl (C=O) groups is 2. The van der Waals surface area contributed by atoms with Crippen LogP contribution in [0.5, 0.6) is 0 Å². The SMILES string of the molecule is O=C(O)NC[C@H]1CC[C@H](CNC(=O)c2cncc(Br)c2)CC1. The molecule has 2 amide bonds. The molecular weight excluding hydrogens is 350 g/mol. The highest BCUT2D eigenvalue weighted by Gasteiger charge is 2.22. The van der Waals surface area contributed by atoms with Crippen molar-refractivity contribution >= 4 is 27.9 Å². The average Bonchev–Trinajstić information content (AvgIpc) is 2.51. The number of hydrogen-bond donors (Lipinski definition) is 3. The molecule has 0 saturated heterocycles. The summed E-state index contributed by atoms with van der Waals surface area (Å²) < 4.78 is 0.784. The lowest BCUT2D eigenvalue weighted by molar-refractivity contribution is 0.0940. The Bertz CT molecular complexity index is 531. The van der Waals surface area contributed by atoms with Gasteiger partial charge in [-0.15, -0.1) is 0 Å². The van der Waals surface area contributed by atoms with Crippen LogP contribution in [0, 0.1) is 11.8 Å². The highest BCUT2D eigenvalue weighted by atomic mass is 79.9. The van der Waals surface area contributed by atoms with Crippen molar-refractivity contribution in [1.29, 1.82) is 0 Å². The molecular formula is C15H20BrN3O3. The molecule has 1 aromatic heterocycles. The normalized spacial score (nSPS) is 21.1. The highest BCUT2D eigenvalue weighted by Crippen LogP contribution is 2.28.